The summed E-state index contributed by atoms with van der Waals surface area (Å²) in [5, 5.41) is 12.0. The van der Waals surface area contributed by atoms with E-state index in [1.54, 1.807) is 7.11 Å². The fourth-order valence-corrected chi connectivity index (χ4v) is 4.81. The average molecular weight is 432 g/mol. The topological polar surface area (TPSA) is 41.9 Å². The highest BCUT2D eigenvalue weighted by Gasteiger charge is 2.41. The number of para-hydroxylation sites is 2. The van der Waals surface area contributed by atoms with Crippen LogP contribution >= 0.6 is 0 Å². The Hall–Kier alpha value is -2.82. The van der Waals surface area contributed by atoms with Crippen molar-refractivity contribution < 1.29 is 14.6 Å². The van der Waals surface area contributed by atoms with Crippen molar-refractivity contribution >= 4 is 0 Å². The minimum atomic E-state index is -0.957. The van der Waals surface area contributed by atoms with E-state index >= 15 is 0 Å². The summed E-state index contributed by atoms with van der Waals surface area (Å²) in [7, 11) is 1.67. The number of nitrogens with zero attached hydrogens (tertiary/aromatic N) is 1. The van der Waals surface area contributed by atoms with Gasteiger partial charge in [0.15, 0.2) is 11.5 Å². The van der Waals surface area contributed by atoms with Crippen LogP contribution in [0.4, 0.5) is 0 Å². The lowest BCUT2D eigenvalue weighted by molar-refractivity contribution is -0.0146. The average Bonchev–Trinajstić information content (AvgIpc) is 2.88. The summed E-state index contributed by atoms with van der Waals surface area (Å²) in [4.78, 5) is 2.48. The number of rotatable bonds is 9. The minimum Gasteiger partial charge on any atom is -0.493 e. The van der Waals surface area contributed by atoms with Crippen molar-refractivity contribution in [2.75, 3.05) is 33.4 Å². The second-order valence-electron chi connectivity index (χ2n) is 8.47. The highest BCUT2D eigenvalue weighted by molar-refractivity contribution is 5.39. The summed E-state index contributed by atoms with van der Waals surface area (Å²) in [5.74, 6) is 1.76. The molecular formula is C28H33NO3. The maximum absolute atomic E-state index is 12.0. The third kappa shape index (κ3) is 4.98. The molecule has 0 amide bonds. The van der Waals surface area contributed by atoms with Crippen LogP contribution in [0.1, 0.15) is 30.4 Å². The van der Waals surface area contributed by atoms with Gasteiger partial charge in [0.2, 0.25) is 0 Å². The van der Waals surface area contributed by atoms with Crippen molar-refractivity contribution in [3.05, 3.63) is 96.1 Å². The molecule has 32 heavy (non-hydrogen) atoms. The number of ether oxygens (including phenoxy) is 2. The number of hydrogen-bond donors (Lipinski definition) is 1. The predicted molar refractivity (Wildman–Crippen MR) is 128 cm³/mol. The van der Waals surface area contributed by atoms with Crippen molar-refractivity contribution in [2.45, 2.75) is 24.9 Å². The first-order valence-corrected chi connectivity index (χ1v) is 11.5. The standard InChI is InChI=1S/C28H33NO3/c1-31-26-15-8-9-16-27(26)32-22-10-19-29-20-17-25(18-21-29)28(30,23-11-4-2-5-12-23)24-13-6-3-7-14-24/h2-9,11-16,25,30H,10,17-22H2,1H3. The number of hydrogen-bond acceptors (Lipinski definition) is 4. The van der Waals surface area contributed by atoms with E-state index in [1.165, 1.54) is 0 Å². The molecule has 4 rings (SSSR count). The van der Waals surface area contributed by atoms with Crippen LogP contribution in [0.5, 0.6) is 11.5 Å². The van der Waals surface area contributed by atoms with E-state index in [0.717, 1.165) is 61.5 Å². The molecule has 1 saturated heterocycles. The van der Waals surface area contributed by atoms with Crippen LogP contribution in [-0.4, -0.2) is 43.4 Å². The first-order chi connectivity index (χ1) is 15.7. The van der Waals surface area contributed by atoms with E-state index in [9.17, 15) is 5.11 Å². The lowest BCUT2D eigenvalue weighted by atomic mass is 9.72. The molecule has 1 aliphatic heterocycles. The Morgan fingerprint density at radius 3 is 1.91 bits per heavy atom. The molecule has 1 heterocycles. The first kappa shape index (κ1) is 22.4. The Balaban J connectivity index is 1.33. The normalized spacial score (nSPS) is 15.4. The highest BCUT2D eigenvalue weighted by Crippen LogP contribution is 2.41. The molecule has 0 aliphatic carbocycles. The van der Waals surface area contributed by atoms with E-state index in [0.29, 0.717) is 6.61 Å². The molecule has 0 aromatic heterocycles. The van der Waals surface area contributed by atoms with Crippen LogP contribution in [-0.2, 0) is 5.60 Å². The van der Waals surface area contributed by atoms with E-state index in [1.807, 2.05) is 60.7 Å². The molecule has 3 aromatic rings. The molecular weight excluding hydrogens is 398 g/mol. The monoisotopic (exact) mass is 431 g/mol. The second-order valence-corrected chi connectivity index (χ2v) is 8.47. The van der Waals surface area contributed by atoms with Gasteiger partial charge >= 0.3 is 0 Å². The Morgan fingerprint density at radius 1 is 0.812 bits per heavy atom. The lowest BCUT2D eigenvalue weighted by Crippen LogP contribution is -2.44. The molecule has 1 aliphatic rings. The zero-order valence-electron chi connectivity index (χ0n) is 18.8. The molecule has 0 bridgehead atoms. The summed E-state index contributed by atoms with van der Waals surface area (Å²) in [5.41, 5.74) is 1.01. The van der Waals surface area contributed by atoms with Gasteiger partial charge in [-0.1, -0.05) is 72.8 Å². The number of aliphatic hydroxyl groups is 1. The lowest BCUT2D eigenvalue weighted by Gasteiger charge is -2.42. The molecule has 0 atom stereocenters. The van der Waals surface area contributed by atoms with Gasteiger partial charge in [0, 0.05) is 6.54 Å². The smallest absolute Gasteiger partial charge is 0.161 e. The molecule has 4 heteroatoms. The maximum Gasteiger partial charge on any atom is 0.161 e. The van der Waals surface area contributed by atoms with Crippen LogP contribution in [0.3, 0.4) is 0 Å². The summed E-state index contributed by atoms with van der Waals surface area (Å²) >= 11 is 0. The number of likely N-dealkylation sites (tertiary alicyclic amines) is 1. The van der Waals surface area contributed by atoms with Gasteiger partial charge < -0.3 is 19.5 Å². The van der Waals surface area contributed by atoms with Crippen molar-refractivity contribution in [2.24, 2.45) is 5.92 Å². The van der Waals surface area contributed by atoms with E-state index < -0.39 is 5.60 Å². The summed E-state index contributed by atoms with van der Waals surface area (Å²) in [6, 6.07) is 28.0. The van der Waals surface area contributed by atoms with E-state index in [4.69, 9.17) is 9.47 Å². The summed E-state index contributed by atoms with van der Waals surface area (Å²) in [6.07, 6.45) is 2.89. The summed E-state index contributed by atoms with van der Waals surface area (Å²) < 4.78 is 11.3. The van der Waals surface area contributed by atoms with Gasteiger partial charge in [0.05, 0.1) is 13.7 Å². The molecule has 0 radical (unpaired) electrons. The van der Waals surface area contributed by atoms with Crippen molar-refractivity contribution in [1.29, 1.82) is 0 Å². The molecule has 168 valence electrons. The number of benzene rings is 3. The van der Waals surface area contributed by atoms with Crippen LogP contribution in [0.15, 0.2) is 84.9 Å². The molecule has 0 unspecified atom stereocenters. The quantitative estimate of drug-likeness (QED) is 0.478. The van der Waals surface area contributed by atoms with Crippen LogP contribution in [0, 0.1) is 5.92 Å². The van der Waals surface area contributed by atoms with Gasteiger partial charge in [-0.05, 0) is 61.5 Å². The van der Waals surface area contributed by atoms with Crippen molar-refractivity contribution in [3.63, 3.8) is 0 Å². The highest BCUT2D eigenvalue weighted by atomic mass is 16.5. The van der Waals surface area contributed by atoms with Crippen molar-refractivity contribution in [3.8, 4) is 11.5 Å². The minimum absolute atomic E-state index is 0.188. The Kier molecular flexibility index (Phi) is 7.46. The van der Waals surface area contributed by atoms with Crippen LogP contribution in [0.2, 0.25) is 0 Å². The van der Waals surface area contributed by atoms with Gasteiger partial charge in [-0.25, -0.2) is 0 Å². The van der Waals surface area contributed by atoms with Crippen molar-refractivity contribution in [1.82, 2.24) is 4.90 Å². The van der Waals surface area contributed by atoms with E-state index in [-0.39, 0.29) is 5.92 Å². The van der Waals surface area contributed by atoms with Gasteiger partial charge in [0.1, 0.15) is 5.60 Å². The van der Waals surface area contributed by atoms with Gasteiger partial charge in [-0.2, -0.15) is 0 Å². The summed E-state index contributed by atoms with van der Waals surface area (Å²) in [6.45, 7) is 3.64. The SMILES string of the molecule is COc1ccccc1OCCCN1CCC(C(O)(c2ccccc2)c2ccccc2)CC1. The van der Waals surface area contributed by atoms with Gasteiger partial charge in [0.25, 0.3) is 0 Å². The maximum atomic E-state index is 12.0. The molecule has 0 spiro atoms. The molecule has 0 saturated carbocycles. The molecule has 1 N–H and O–H groups in total. The van der Waals surface area contributed by atoms with E-state index in [2.05, 4.69) is 29.2 Å². The molecule has 1 fully saturated rings. The zero-order valence-corrected chi connectivity index (χ0v) is 18.8. The fourth-order valence-electron chi connectivity index (χ4n) is 4.81. The Morgan fingerprint density at radius 2 is 1.34 bits per heavy atom. The molecule has 4 nitrogen and oxygen atoms in total. The van der Waals surface area contributed by atoms with Gasteiger partial charge in [-0.3, -0.25) is 0 Å². The van der Waals surface area contributed by atoms with Gasteiger partial charge in [-0.15, -0.1) is 0 Å². The Labute approximate surface area is 191 Å². The Bertz CT molecular complexity index is 913. The largest absolute Gasteiger partial charge is 0.493 e. The third-order valence-electron chi connectivity index (χ3n) is 6.55. The number of methoxy groups -OCH3 is 1. The van der Waals surface area contributed by atoms with Crippen LogP contribution in [0.25, 0.3) is 0 Å². The van der Waals surface area contributed by atoms with Crippen LogP contribution < -0.4 is 9.47 Å². The first-order valence-electron chi connectivity index (χ1n) is 11.5. The fraction of sp³-hybridized carbons (Fsp3) is 0.357. The third-order valence-corrected chi connectivity index (χ3v) is 6.55. The predicted octanol–water partition coefficient (Wildman–Crippen LogP) is 5.11. The second kappa shape index (κ2) is 10.7. The zero-order chi connectivity index (χ0) is 22.2. The molecule has 3 aromatic carbocycles. The number of piperidine rings is 1.